The lowest BCUT2D eigenvalue weighted by Gasteiger charge is -2.36. The number of amides is 2. The fourth-order valence-corrected chi connectivity index (χ4v) is 7.08. The molecule has 1 saturated heterocycles. The number of hydrogen-bond donors (Lipinski definition) is 2. The summed E-state index contributed by atoms with van der Waals surface area (Å²) in [6.45, 7) is 4.25. The van der Waals surface area contributed by atoms with Gasteiger partial charge in [0.15, 0.2) is 17.3 Å². The van der Waals surface area contributed by atoms with Crippen LogP contribution in [-0.4, -0.2) is 82.6 Å². The van der Waals surface area contributed by atoms with E-state index in [9.17, 15) is 32.7 Å². The third-order valence-corrected chi connectivity index (χ3v) is 9.83. The van der Waals surface area contributed by atoms with Crippen LogP contribution in [0.4, 0.5) is 24.5 Å². The second-order valence-electron chi connectivity index (χ2n) is 12.3. The van der Waals surface area contributed by atoms with Gasteiger partial charge in [-0.3, -0.25) is 14.4 Å². The molecule has 3 aromatic heterocycles. The molecule has 0 bridgehead atoms. The Morgan fingerprint density at radius 3 is 2.49 bits per heavy atom. The van der Waals surface area contributed by atoms with Gasteiger partial charge in [0.2, 0.25) is 11.7 Å². The number of carbonyl (C=O) groups excluding carboxylic acids is 2. The summed E-state index contributed by atoms with van der Waals surface area (Å²) in [6, 6.07) is 5.36. The number of anilines is 2. The number of alkyl halides is 3. The summed E-state index contributed by atoms with van der Waals surface area (Å²) < 4.78 is 41.2. The van der Waals surface area contributed by atoms with Crippen LogP contribution in [-0.2, 0) is 17.8 Å². The van der Waals surface area contributed by atoms with E-state index >= 15 is 0 Å². The van der Waals surface area contributed by atoms with E-state index in [1.807, 2.05) is 11.8 Å². The summed E-state index contributed by atoms with van der Waals surface area (Å²) in [5.74, 6) is 0.522. The molecule has 49 heavy (non-hydrogen) atoms. The van der Waals surface area contributed by atoms with E-state index in [4.69, 9.17) is 4.98 Å². The fourth-order valence-electron chi connectivity index (χ4n) is 6.54. The highest BCUT2D eigenvalue weighted by Crippen LogP contribution is 2.52. The Morgan fingerprint density at radius 2 is 1.84 bits per heavy atom. The molecule has 7 rings (SSSR count). The SMILES string of the molecule is CCc1c(N2CCN(C(=O)c3ncnc(C)c3O)CC2)c(=O)n2nc(C3=CC4CC4C3)nc2n1CC(=O)Nc1ccc(SC(F)(F)F)cc1. The number of aryl methyl sites for hydroxylation is 1. The van der Waals surface area contributed by atoms with Gasteiger partial charge >= 0.3 is 5.51 Å². The van der Waals surface area contributed by atoms with Crippen LogP contribution in [0.5, 0.6) is 5.75 Å². The molecule has 17 heteroatoms. The molecule has 1 saturated carbocycles. The Labute approximate surface area is 281 Å². The number of fused-ring (bicyclic) bond motifs is 2. The standard InChI is InChI=1S/C32H32F3N9O4S/c1-3-23-26(41-8-10-42(11-9-41)29(47)25-27(46)17(2)36-16-37-25)30(48)44-31(39-28(40-44)20-13-18-12-19(18)14-20)43(23)15-24(45)38-21-4-6-22(7-5-21)49-32(33,34)35/h4-7,13,16,18-19,46H,3,8-12,14-15H2,1-2H3,(H,38,45). The molecule has 2 fully saturated rings. The van der Waals surface area contributed by atoms with E-state index in [1.54, 1.807) is 16.4 Å². The second kappa shape index (κ2) is 12.5. The molecule has 0 radical (unpaired) electrons. The number of hydrogen-bond acceptors (Lipinski definition) is 10. The highest BCUT2D eigenvalue weighted by atomic mass is 32.2. The molecule has 256 valence electrons. The fraction of sp³-hybridized carbons (Fsp3) is 0.406. The van der Waals surface area contributed by atoms with Crippen molar-refractivity contribution in [3.63, 3.8) is 0 Å². The van der Waals surface area contributed by atoms with Gasteiger partial charge in [-0.05, 0) is 79.6 Å². The van der Waals surface area contributed by atoms with Crippen LogP contribution in [0.25, 0.3) is 11.4 Å². The Bertz CT molecular complexity index is 2050. The molecule has 1 aromatic carbocycles. The number of rotatable bonds is 8. The number of allylic oxidation sites excluding steroid dienone is 2. The summed E-state index contributed by atoms with van der Waals surface area (Å²) in [4.78, 5) is 56.9. The minimum atomic E-state index is -4.43. The minimum absolute atomic E-state index is 0.00822. The number of piperazine rings is 1. The third kappa shape index (κ3) is 6.46. The summed E-state index contributed by atoms with van der Waals surface area (Å²) in [6.07, 6.45) is 5.69. The zero-order valence-corrected chi connectivity index (χ0v) is 27.4. The molecule has 4 aromatic rings. The van der Waals surface area contributed by atoms with Crippen LogP contribution in [0.15, 0.2) is 46.4 Å². The summed E-state index contributed by atoms with van der Waals surface area (Å²) in [5.41, 5.74) is -2.46. The Morgan fingerprint density at radius 1 is 1.10 bits per heavy atom. The van der Waals surface area contributed by atoms with E-state index in [1.165, 1.54) is 35.1 Å². The van der Waals surface area contributed by atoms with Gasteiger partial charge in [-0.1, -0.05) is 13.0 Å². The van der Waals surface area contributed by atoms with E-state index in [2.05, 4.69) is 26.5 Å². The van der Waals surface area contributed by atoms with Crippen molar-refractivity contribution < 1.29 is 27.9 Å². The molecule has 0 spiro atoms. The summed E-state index contributed by atoms with van der Waals surface area (Å²) in [5, 5.41) is 17.7. The molecule has 1 aliphatic heterocycles. The lowest BCUT2D eigenvalue weighted by atomic mass is 10.2. The number of halogens is 3. The van der Waals surface area contributed by atoms with E-state index in [-0.39, 0.29) is 72.3 Å². The normalized spacial score (nSPS) is 18.8. The van der Waals surface area contributed by atoms with Crippen molar-refractivity contribution in [3.05, 3.63) is 69.9 Å². The van der Waals surface area contributed by atoms with Crippen molar-refractivity contribution in [2.24, 2.45) is 11.8 Å². The summed E-state index contributed by atoms with van der Waals surface area (Å²) >= 11 is -0.241. The van der Waals surface area contributed by atoms with Crippen LogP contribution < -0.4 is 15.8 Å². The minimum Gasteiger partial charge on any atom is -0.504 e. The van der Waals surface area contributed by atoms with Crippen molar-refractivity contribution in [2.45, 2.75) is 50.1 Å². The Balaban J connectivity index is 1.19. The van der Waals surface area contributed by atoms with Crippen molar-refractivity contribution in [3.8, 4) is 5.75 Å². The average molecular weight is 696 g/mol. The molecule has 2 N–H and O–H groups in total. The highest BCUT2D eigenvalue weighted by Gasteiger charge is 2.42. The van der Waals surface area contributed by atoms with Gasteiger partial charge in [-0.25, -0.2) is 9.97 Å². The van der Waals surface area contributed by atoms with E-state index < -0.39 is 22.9 Å². The highest BCUT2D eigenvalue weighted by molar-refractivity contribution is 8.00. The topological polar surface area (TPSA) is 151 Å². The molecular formula is C32H32F3N9O4S. The first-order valence-electron chi connectivity index (χ1n) is 15.8. The number of carbonyl (C=O) groups is 2. The molecular weight excluding hydrogens is 663 g/mol. The maximum absolute atomic E-state index is 14.2. The Kier molecular flexibility index (Phi) is 8.32. The molecule has 3 aliphatic rings. The maximum Gasteiger partial charge on any atom is 0.446 e. The lowest BCUT2D eigenvalue weighted by Crippen LogP contribution is -2.51. The van der Waals surface area contributed by atoms with Crippen LogP contribution in [0, 0.1) is 18.8 Å². The number of nitrogens with zero attached hydrogens (tertiary/aromatic N) is 8. The first-order valence-corrected chi connectivity index (χ1v) is 16.7. The zero-order valence-electron chi connectivity index (χ0n) is 26.6. The van der Waals surface area contributed by atoms with Gasteiger partial charge < -0.3 is 24.8 Å². The number of aromatic hydroxyl groups is 1. The van der Waals surface area contributed by atoms with E-state index in [0.29, 0.717) is 41.1 Å². The maximum atomic E-state index is 14.2. The van der Waals surface area contributed by atoms with Gasteiger partial charge in [0, 0.05) is 36.8 Å². The quantitative estimate of drug-likeness (QED) is 0.260. The van der Waals surface area contributed by atoms with Crippen molar-refractivity contribution >= 4 is 46.3 Å². The van der Waals surface area contributed by atoms with Crippen LogP contribution in [0.2, 0.25) is 0 Å². The summed E-state index contributed by atoms with van der Waals surface area (Å²) in [7, 11) is 0. The van der Waals surface area contributed by atoms with Crippen molar-refractivity contribution in [1.82, 2.24) is 34.0 Å². The first kappa shape index (κ1) is 32.6. The molecule has 2 atom stereocenters. The molecule has 13 nitrogen and oxygen atoms in total. The molecule has 2 amide bonds. The smallest absolute Gasteiger partial charge is 0.446 e. The third-order valence-electron chi connectivity index (χ3n) is 9.09. The predicted molar refractivity (Wildman–Crippen MR) is 174 cm³/mol. The van der Waals surface area contributed by atoms with Crippen LogP contribution >= 0.6 is 11.8 Å². The van der Waals surface area contributed by atoms with Gasteiger partial charge in [0.05, 0.1) is 11.4 Å². The van der Waals surface area contributed by atoms with Crippen molar-refractivity contribution in [1.29, 1.82) is 0 Å². The largest absolute Gasteiger partial charge is 0.504 e. The van der Waals surface area contributed by atoms with Gasteiger partial charge in [-0.2, -0.15) is 22.7 Å². The molecule has 2 unspecified atom stereocenters. The number of benzene rings is 1. The second-order valence-corrected chi connectivity index (χ2v) is 13.4. The van der Waals surface area contributed by atoms with Crippen LogP contribution in [0.3, 0.4) is 0 Å². The number of nitrogens with one attached hydrogen (secondary N) is 1. The van der Waals surface area contributed by atoms with Crippen molar-refractivity contribution in [2.75, 3.05) is 36.4 Å². The Hall–Kier alpha value is -4.93. The van der Waals surface area contributed by atoms with Crippen LogP contribution in [0.1, 0.15) is 47.5 Å². The number of aromatic nitrogens is 6. The molecule has 4 heterocycles. The monoisotopic (exact) mass is 695 g/mol. The van der Waals surface area contributed by atoms with Gasteiger partial charge in [0.1, 0.15) is 18.6 Å². The van der Waals surface area contributed by atoms with E-state index in [0.717, 1.165) is 18.4 Å². The molecule has 2 aliphatic carbocycles. The number of thioether (sulfide) groups is 1. The lowest BCUT2D eigenvalue weighted by molar-refractivity contribution is -0.116. The zero-order chi connectivity index (χ0) is 34.6. The predicted octanol–water partition coefficient (Wildman–Crippen LogP) is 3.89. The van der Waals surface area contributed by atoms with Gasteiger partial charge in [0.25, 0.3) is 11.5 Å². The average Bonchev–Trinajstić information content (AvgIpc) is 3.44. The first-order chi connectivity index (χ1) is 23.4. The van der Waals surface area contributed by atoms with Gasteiger partial charge in [-0.15, -0.1) is 5.10 Å².